The Morgan fingerprint density at radius 3 is 2.69 bits per heavy atom. The molecule has 2 N–H and O–H groups in total. The minimum Gasteiger partial charge on any atom is -0.444 e. The van der Waals surface area contributed by atoms with Gasteiger partial charge in [0, 0.05) is 13.6 Å². The first-order valence-electron chi connectivity index (χ1n) is 5.11. The Kier molecular flexibility index (Phi) is 2.70. The molecule has 5 nitrogen and oxygen atoms in total. The van der Waals surface area contributed by atoms with Gasteiger partial charge in [-0.25, -0.2) is 4.79 Å². The minimum absolute atomic E-state index is 0.343. The van der Waals surface area contributed by atoms with Gasteiger partial charge in [0.2, 0.25) is 0 Å². The molecular weight excluding hydrogens is 208 g/mol. The van der Waals surface area contributed by atoms with Gasteiger partial charge in [0.25, 0.3) is 5.91 Å². The second-order valence-corrected chi connectivity index (χ2v) is 3.62. The standard InChI is InChI=1S/C11H14N2O3/c1-12-10(14)13-8-7-11(13,15)16-9-5-3-2-4-6-9/h2-6,15H,7-8H2,1H3,(H,12,14). The van der Waals surface area contributed by atoms with E-state index in [1.807, 2.05) is 18.2 Å². The third kappa shape index (κ3) is 1.81. The molecule has 1 saturated heterocycles. The quantitative estimate of drug-likeness (QED) is 0.726. The van der Waals surface area contributed by atoms with Gasteiger partial charge in [0.15, 0.2) is 0 Å². The number of hydrogen-bond acceptors (Lipinski definition) is 3. The second kappa shape index (κ2) is 4.02. The smallest absolute Gasteiger partial charge is 0.322 e. The maximum Gasteiger partial charge on any atom is 0.322 e. The summed E-state index contributed by atoms with van der Waals surface area (Å²) in [5.74, 6) is -0.972. The number of hydrogen-bond donors (Lipinski definition) is 2. The Morgan fingerprint density at radius 2 is 2.19 bits per heavy atom. The molecule has 0 aliphatic carbocycles. The Balaban J connectivity index is 2.07. The molecule has 0 spiro atoms. The van der Waals surface area contributed by atoms with E-state index in [9.17, 15) is 9.90 Å². The number of aliphatic hydroxyl groups is 1. The summed E-state index contributed by atoms with van der Waals surface area (Å²) in [6, 6.07) is 8.60. The van der Waals surface area contributed by atoms with Gasteiger partial charge in [-0.2, -0.15) is 0 Å². The molecule has 0 radical (unpaired) electrons. The summed E-state index contributed by atoms with van der Waals surface area (Å²) in [7, 11) is 1.52. The van der Waals surface area contributed by atoms with Crippen molar-refractivity contribution in [3.8, 4) is 5.75 Å². The molecule has 1 atom stereocenters. The predicted molar refractivity (Wildman–Crippen MR) is 57.8 cm³/mol. The lowest BCUT2D eigenvalue weighted by Crippen LogP contribution is -2.67. The van der Waals surface area contributed by atoms with E-state index in [1.165, 1.54) is 11.9 Å². The number of likely N-dealkylation sites (tertiary alicyclic amines) is 1. The number of carbonyl (C=O) groups is 1. The molecular formula is C11H14N2O3. The molecule has 0 aromatic heterocycles. The molecule has 86 valence electrons. The van der Waals surface area contributed by atoms with Crippen LogP contribution in [0.1, 0.15) is 6.42 Å². The predicted octanol–water partition coefficient (Wildman–Crippen LogP) is 0.757. The number of nitrogens with zero attached hydrogens (tertiary/aromatic N) is 1. The molecule has 1 unspecified atom stereocenters. The fraction of sp³-hybridized carbons (Fsp3) is 0.364. The van der Waals surface area contributed by atoms with Crippen LogP contribution in [-0.2, 0) is 0 Å². The van der Waals surface area contributed by atoms with Crippen molar-refractivity contribution in [1.82, 2.24) is 10.2 Å². The molecule has 2 rings (SSSR count). The van der Waals surface area contributed by atoms with Crippen LogP contribution in [0.4, 0.5) is 4.79 Å². The monoisotopic (exact) mass is 222 g/mol. The van der Waals surface area contributed by atoms with Gasteiger partial charge < -0.3 is 15.2 Å². The highest BCUT2D eigenvalue weighted by atomic mass is 16.7. The molecule has 16 heavy (non-hydrogen) atoms. The van der Waals surface area contributed by atoms with Gasteiger partial charge in [0.1, 0.15) is 5.75 Å². The van der Waals surface area contributed by atoms with Gasteiger partial charge in [-0.15, -0.1) is 0 Å². The maximum atomic E-state index is 11.4. The van der Waals surface area contributed by atoms with Crippen LogP contribution in [0, 0.1) is 0 Å². The van der Waals surface area contributed by atoms with Crippen molar-refractivity contribution < 1.29 is 14.6 Å². The molecule has 1 aromatic rings. The molecule has 1 fully saturated rings. The fourth-order valence-corrected chi connectivity index (χ4v) is 1.59. The summed E-state index contributed by atoms with van der Waals surface area (Å²) < 4.78 is 5.39. The van der Waals surface area contributed by atoms with Gasteiger partial charge in [-0.3, -0.25) is 4.90 Å². The normalized spacial score (nSPS) is 23.5. The molecule has 1 aliphatic rings. The Bertz CT molecular complexity index is 382. The van der Waals surface area contributed by atoms with Gasteiger partial charge >= 0.3 is 6.03 Å². The highest BCUT2D eigenvalue weighted by Gasteiger charge is 2.48. The lowest BCUT2D eigenvalue weighted by Gasteiger charge is -2.46. The van der Waals surface area contributed by atoms with Crippen LogP contribution in [-0.4, -0.2) is 35.5 Å². The Morgan fingerprint density at radius 1 is 1.50 bits per heavy atom. The average molecular weight is 222 g/mol. The summed E-state index contributed by atoms with van der Waals surface area (Å²) in [6.45, 7) is 0.489. The summed E-state index contributed by atoms with van der Waals surface area (Å²) in [4.78, 5) is 12.6. The van der Waals surface area contributed by atoms with E-state index in [2.05, 4.69) is 5.32 Å². The maximum absolute atomic E-state index is 11.4. The lowest BCUT2D eigenvalue weighted by molar-refractivity contribution is -0.278. The van der Waals surface area contributed by atoms with E-state index in [-0.39, 0.29) is 6.03 Å². The van der Waals surface area contributed by atoms with Crippen LogP contribution < -0.4 is 10.1 Å². The van der Waals surface area contributed by atoms with Gasteiger partial charge in [-0.05, 0) is 12.1 Å². The zero-order chi connectivity index (χ0) is 11.6. The zero-order valence-corrected chi connectivity index (χ0v) is 9.01. The number of urea groups is 1. The first-order chi connectivity index (χ1) is 7.65. The van der Waals surface area contributed by atoms with Crippen LogP contribution in [0.2, 0.25) is 0 Å². The van der Waals surface area contributed by atoms with Gasteiger partial charge in [-0.1, -0.05) is 18.2 Å². The first-order valence-corrected chi connectivity index (χ1v) is 5.11. The molecule has 1 heterocycles. The van der Waals surface area contributed by atoms with Crippen LogP contribution in [0.3, 0.4) is 0 Å². The molecule has 0 bridgehead atoms. The number of carbonyl (C=O) groups excluding carboxylic acids is 1. The minimum atomic E-state index is -1.51. The molecule has 0 saturated carbocycles. The van der Waals surface area contributed by atoms with E-state index in [1.54, 1.807) is 12.1 Å². The Labute approximate surface area is 93.6 Å². The van der Waals surface area contributed by atoms with E-state index in [4.69, 9.17) is 4.74 Å². The summed E-state index contributed by atoms with van der Waals surface area (Å²) in [5.41, 5.74) is 0. The highest BCUT2D eigenvalue weighted by molar-refractivity contribution is 5.75. The van der Waals surface area contributed by atoms with Gasteiger partial charge in [0.05, 0.1) is 6.42 Å². The van der Waals surface area contributed by atoms with Crippen molar-refractivity contribution in [2.45, 2.75) is 12.3 Å². The lowest BCUT2D eigenvalue weighted by atomic mass is 10.1. The number of para-hydroxylation sites is 1. The largest absolute Gasteiger partial charge is 0.444 e. The van der Waals surface area contributed by atoms with Crippen molar-refractivity contribution in [3.05, 3.63) is 30.3 Å². The van der Waals surface area contributed by atoms with E-state index < -0.39 is 5.91 Å². The molecule has 5 heteroatoms. The van der Waals surface area contributed by atoms with Crippen molar-refractivity contribution in [2.75, 3.05) is 13.6 Å². The fourth-order valence-electron chi connectivity index (χ4n) is 1.59. The molecule has 1 aromatic carbocycles. The first kappa shape index (κ1) is 10.8. The van der Waals surface area contributed by atoms with Crippen molar-refractivity contribution in [2.24, 2.45) is 0 Å². The number of ether oxygens (including phenoxy) is 1. The second-order valence-electron chi connectivity index (χ2n) is 3.62. The zero-order valence-electron chi connectivity index (χ0n) is 9.01. The van der Waals surface area contributed by atoms with Crippen molar-refractivity contribution in [1.29, 1.82) is 0 Å². The van der Waals surface area contributed by atoms with Crippen molar-refractivity contribution >= 4 is 6.03 Å². The third-order valence-electron chi connectivity index (χ3n) is 2.57. The number of benzene rings is 1. The van der Waals surface area contributed by atoms with Crippen LogP contribution in [0.5, 0.6) is 5.75 Å². The van der Waals surface area contributed by atoms with Crippen LogP contribution in [0.25, 0.3) is 0 Å². The Hall–Kier alpha value is -1.75. The SMILES string of the molecule is CNC(=O)N1CCC1(O)Oc1ccccc1. The number of amides is 2. The van der Waals surface area contributed by atoms with E-state index in [0.29, 0.717) is 18.7 Å². The van der Waals surface area contributed by atoms with Crippen LogP contribution in [0.15, 0.2) is 30.3 Å². The number of nitrogens with one attached hydrogen (secondary N) is 1. The topological polar surface area (TPSA) is 61.8 Å². The molecule has 2 amide bonds. The highest BCUT2D eigenvalue weighted by Crippen LogP contribution is 2.30. The van der Waals surface area contributed by atoms with Crippen molar-refractivity contribution in [3.63, 3.8) is 0 Å². The third-order valence-corrected chi connectivity index (χ3v) is 2.57. The summed E-state index contributed by atoms with van der Waals surface area (Å²) in [5, 5.41) is 12.5. The summed E-state index contributed by atoms with van der Waals surface area (Å²) >= 11 is 0. The summed E-state index contributed by atoms with van der Waals surface area (Å²) in [6.07, 6.45) is 0.412. The molecule has 1 aliphatic heterocycles. The number of rotatable bonds is 2. The average Bonchev–Trinajstić information content (AvgIpc) is 2.29. The van der Waals surface area contributed by atoms with E-state index >= 15 is 0 Å². The van der Waals surface area contributed by atoms with E-state index in [0.717, 1.165) is 0 Å². The van der Waals surface area contributed by atoms with Crippen LogP contribution >= 0.6 is 0 Å².